The fraction of sp³-hybridized carbons (Fsp3) is 0.400. The van der Waals surface area contributed by atoms with Crippen molar-refractivity contribution in [3.63, 3.8) is 0 Å². The molecular formula is C10H13FO3S. The van der Waals surface area contributed by atoms with Crippen LogP contribution in [0.2, 0.25) is 0 Å². The third kappa shape index (κ3) is 3.00. The molecule has 1 N–H and O–H groups in total. The molecule has 84 valence electrons. The molecule has 0 saturated carbocycles. The average molecular weight is 232 g/mol. The zero-order valence-electron chi connectivity index (χ0n) is 8.51. The molecule has 15 heavy (non-hydrogen) atoms. The Balaban J connectivity index is 3.00. The standard InChI is InChI=1S/C10H13FO3S/c1-7(15(2,13)14)10(12)8-4-3-5-9(11)6-8/h3-7,10,12H,1-2H3/t7-,10-/m1/s1. The summed E-state index contributed by atoms with van der Waals surface area (Å²) < 4.78 is 35.2. The van der Waals surface area contributed by atoms with Gasteiger partial charge in [0.25, 0.3) is 0 Å². The fourth-order valence-corrected chi connectivity index (χ4v) is 1.82. The Morgan fingerprint density at radius 1 is 1.40 bits per heavy atom. The van der Waals surface area contributed by atoms with Crippen molar-refractivity contribution in [2.75, 3.05) is 6.26 Å². The molecule has 0 spiro atoms. The van der Waals surface area contributed by atoms with Gasteiger partial charge in [-0.25, -0.2) is 12.8 Å². The summed E-state index contributed by atoms with van der Waals surface area (Å²) in [5.74, 6) is -0.493. The van der Waals surface area contributed by atoms with E-state index >= 15 is 0 Å². The van der Waals surface area contributed by atoms with Crippen LogP contribution < -0.4 is 0 Å². The SMILES string of the molecule is C[C@H]([C@@H](O)c1cccc(F)c1)S(C)(=O)=O. The lowest BCUT2D eigenvalue weighted by Gasteiger charge is -2.17. The van der Waals surface area contributed by atoms with Crippen LogP contribution in [0.1, 0.15) is 18.6 Å². The predicted molar refractivity (Wildman–Crippen MR) is 55.7 cm³/mol. The number of hydrogen-bond donors (Lipinski definition) is 1. The van der Waals surface area contributed by atoms with Crippen molar-refractivity contribution in [2.24, 2.45) is 0 Å². The van der Waals surface area contributed by atoms with Gasteiger partial charge in [-0.15, -0.1) is 0 Å². The van der Waals surface area contributed by atoms with Crippen LogP contribution >= 0.6 is 0 Å². The normalized spacial score (nSPS) is 16.0. The summed E-state index contributed by atoms with van der Waals surface area (Å²) in [6, 6.07) is 5.30. The number of aliphatic hydroxyl groups is 1. The van der Waals surface area contributed by atoms with Gasteiger partial charge in [0.05, 0.1) is 11.4 Å². The second kappa shape index (κ2) is 4.28. The molecule has 0 fully saturated rings. The van der Waals surface area contributed by atoms with Crippen molar-refractivity contribution >= 4 is 9.84 Å². The number of benzene rings is 1. The molecule has 0 bridgehead atoms. The fourth-order valence-electron chi connectivity index (χ4n) is 1.20. The molecule has 5 heteroatoms. The van der Waals surface area contributed by atoms with Gasteiger partial charge in [-0.05, 0) is 24.6 Å². The molecule has 0 unspecified atom stereocenters. The molecule has 0 aromatic heterocycles. The number of sulfone groups is 1. The van der Waals surface area contributed by atoms with Gasteiger partial charge in [-0.1, -0.05) is 12.1 Å². The van der Waals surface area contributed by atoms with Crippen LogP contribution in [0.3, 0.4) is 0 Å². The highest BCUT2D eigenvalue weighted by Crippen LogP contribution is 2.21. The van der Waals surface area contributed by atoms with E-state index in [1.54, 1.807) is 0 Å². The maximum Gasteiger partial charge on any atom is 0.152 e. The zero-order valence-corrected chi connectivity index (χ0v) is 9.33. The highest BCUT2D eigenvalue weighted by atomic mass is 32.2. The van der Waals surface area contributed by atoms with Crippen molar-refractivity contribution in [1.29, 1.82) is 0 Å². The van der Waals surface area contributed by atoms with E-state index in [4.69, 9.17) is 0 Å². The molecule has 0 saturated heterocycles. The van der Waals surface area contributed by atoms with Crippen LogP contribution in [-0.2, 0) is 9.84 Å². The quantitative estimate of drug-likeness (QED) is 0.854. The second-order valence-electron chi connectivity index (χ2n) is 3.53. The van der Waals surface area contributed by atoms with Gasteiger partial charge in [0.1, 0.15) is 5.82 Å². The van der Waals surface area contributed by atoms with E-state index < -0.39 is 27.0 Å². The molecule has 2 atom stereocenters. The van der Waals surface area contributed by atoms with E-state index in [-0.39, 0.29) is 5.56 Å². The first-order chi connectivity index (χ1) is 6.82. The highest BCUT2D eigenvalue weighted by Gasteiger charge is 2.25. The maximum absolute atomic E-state index is 12.8. The third-order valence-corrected chi connectivity index (χ3v) is 3.92. The lowest BCUT2D eigenvalue weighted by molar-refractivity contribution is 0.176. The largest absolute Gasteiger partial charge is 0.387 e. The minimum absolute atomic E-state index is 0.271. The number of hydrogen-bond acceptors (Lipinski definition) is 3. The molecule has 1 rings (SSSR count). The van der Waals surface area contributed by atoms with Crippen molar-refractivity contribution in [3.05, 3.63) is 35.6 Å². The molecule has 0 aliphatic heterocycles. The molecule has 1 aromatic carbocycles. The van der Waals surface area contributed by atoms with Crippen LogP contribution in [0.15, 0.2) is 24.3 Å². The van der Waals surface area contributed by atoms with Gasteiger partial charge in [0.15, 0.2) is 9.84 Å². The number of rotatable bonds is 3. The summed E-state index contributed by atoms with van der Waals surface area (Å²) in [6.07, 6.45) is -0.157. The van der Waals surface area contributed by atoms with Gasteiger partial charge in [0, 0.05) is 6.26 Å². The second-order valence-corrected chi connectivity index (χ2v) is 5.94. The van der Waals surface area contributed by atoms with E-state index in [1.807, 2.05) is 0 Å². The molecule has 0 radical (unpaired) electrons. The number of aliphatic hydroxyl groups excluding tert-OH is 1. The summed E-state index contributed by atoms with van der Waals surface area (Å²) >= 11 is 0. The van der Waals surface area contributed by atoms with Crippen LogP contribution in [0.4, 0.5) is 4.39 Å². The van der Waals surface area contributed by atoms with Crippen LogP contribution in [0.25, 0.3) is 0 Å². The topological polar surface area (TPSA) is 54.4 Å². The van der Waals surface area contributed by atoms with E-state index in [2.05, 4.69) is 0 Å². The Morgan fingerprint density at radius 3 is 2.47 bits per heavy atom. The lowest BCUT2D eigenvalue weighted by Crippen LogP contribution is -2.24. The van der Waals surface area contributed by atoms with Crippen LogP contribution in [0, 0.1) is 5.82 Å². The van der Waals surface area contributed by atoms with Crippen molar-refractivity contribution < 1.29 is 17.9 Å². The molecule has 0 aliphatic carbocycles. The summed E-state index contributed by atoms with van der Waals surface area (Å²) in [5.41, 5.74) is 0.271. The molecule has 0 aliphatic rings. The molecule has 3 nitrogen and oxygen atoms in total. The molecular weight excluding hydrogens is 219 g/mol. The highest BCUT2D eigenvalue weighted by molar-refractivity contribution is 7.91. The Morgan fingerprint density at radius 2 is 2.00 bits per heavy atom. The predicted octanol–water partition coefficient (Wildman–Crippen LogP) is 1.29. The van der Waals surface area contributed by atoms with Crippen molar-refractivity contribution in [2.45, 2.75) is 18.3 Å². The summed E-state index contributed by atoms with van der Waals surface area (Å²) in [5, 5.41) is 8.76. The first-order valence-corrected chi connectivity index (χ1v) is 6.40. The molecule has 1 aromatic rings. The van der Waals surface area contributed by atoms with Crippen LogP contribution in [-0.4, -0.2) is 25.0 Å². The van der Waals surface area contributed by atoms with Gasteiger partial charge in [0.2, 0.25) is 0 Å². The molecule has 0 amide bonds. The van der Waals surface area contributed by atoms with Gasteiger partial charge in [-0.3, -0.25) is 0 Å². The van der Waals surface area contributed by atoms with E-state index in [1.165, 1.54) is 25.1 Å². The van der Waals surface area contributed by atoms with Gasteiger partial charge < -0.3 is 5.11 Å². The van der Waals surface area contributed by atoms with E-state index in [0.29, 0.717) is 0 Å². The Kier molecular flexibility index (Phi) is 3.46. The Hall–Kier alpha value is -0.940. The average Bonchev–Trinajstić information content (AvgIpc) is 2.14. The van der Waals surface area contributed by atoms with E-state index in [9.17, 15) is 17.9 Å². The smallest absolute Gasteiger partial charge is 0.152 e. The zero-order chi connectivity index (χ0) is 11.6. The van der Waals surface area contributed by atoms with Crippen molar-refractivity contribution in [3.8, 4) is 0 Å². The molecule has 0 heterocycles. The lowest BCUT2D eigenvalue weighted by atomic mass is 10.1. The van der Waals surface area contributed by atoms with E-state index in [0.717, 1.165) is 12.3 Å². The Bertz CT molecular complexity index is 442. The first-order valence-electron chi connectivity index (χ1n) is 4.45. The third-order valence-electron chi connectivity index (χ3n) is 2.31. The summed E-state index contributed by atoms with van der Waals surface area (Å²) in [4.78, 5) is 0. The monoisotopic (exact) mass is 232 g/mol. The summed E-state index contributed by atoms with van der Waals surface area (Å²) in [7, 11) is -3.34. The number of halogens is 1. The first kappa shape index (κ1) is 12.1. The maximum atomic E-state index is 12.8. The minimum atomic E-state index is -3.34. The van der Waals surface area contributed by atoms with Crippen molar-refractivity contribution in [1.82, 2.24) is 0 Å². The summed E-state index contributed by atoms with van der Waals surface area (Å²) in [6.45, 7) is 1.39. The Labute approximate surface area is 88.5 Å². The minimum Gasteiger partial charge on any atom is -0.387 e. The van der Waals surface area contributed by atoms with Crippen LogP contribution in [0.5, 0.6) is 0 Å². The van der Waals surface area contributed by atoms with Gasteiger partial charge >= 0.3 is 0 Å². The van der Waals surface area contributed by atoms with Gasteiger partial charge in [-0.2, -0.15) is 0 Å².